The molecule has 2 aromatic carbocycles. The molecule has 0 aliphatic carbocycles. The van der Waals surface area contributed by atoms with Crippen LogP contribution in [0.25, 0.3) is 11.0 Å². The van der Waals surface area contributed by atoms with Crippen LogP contribution in [-0.2, 0) is 6.18 Å². The molecule has 8 heteroatoms. The third kappa shape index (κ3) is 4.16. The zero-order valence-electron chi connectivity index (χ0n) is 15.4. The van der Waals surface area contributed by atoms with Gasteiger partial charge in [-0.25, -0.2) is 9.97 Å². The summed E-state index contributed by atoms with van der Waals surface area (Å²) in [7, 11) is 0. The van der Waals surface area contributed by atoms with Crippen LogP contribution in [0.15, 0.2) is 54.7 Å². The number of benzene rings is 2. The predicted octanol–water partition coefficient (Wildman–Crippen LogP) is 4.33. The maximum Gasteiger partial charge on any atom is 0.417 e. The highest BCUT2D eigenvalue weighted by molar-refractivity contribution is 5.96. The highest BCUT2D eigenvalue weighted by Gasteiger charge is 2.36. The first kappa shape index (κ1) is 19.2. The number of aromatic nitrogens is 2. The predicted molar refractivity (Wildman–Crippen MR) is 101 cm³/mol. The second kappa shape index (κ2) is 7.69. The molecule has 1 saturated heterocycles. The summed E-state index contributed by atoms with van der Waals surface area (Å²) in [6.07, 6.45) is -2.17. The summed E-state index contributed by atoms with van der Waals surface area (Å²) in [5.41, 5.74) is 0.263. The van der Waals surface area contributed by atoms with Gasteiger partial charge in [0.05, 0.1) is 28.4 Å². The SMILES string of the molecule is O=C(c1ccccc1C(F)(F)F)N1CCC(Oc2cnc3ccccc3n2)CC1. The Morgan fingerprint density at radius 3 is 2.38 bits per heavy atom. The van der Waals surface area contributed by atoms with Crippen LogP contribution in [0.3, 0.4) is 0 Å². The smallest absolute Gasteiger partial charge is 0.417 e. The van der Waals surface area contributed by atoms with Crippen LogP contribution in [0.1, 0.15) is 28.8 Å². The number of amides is 1. The Kier molecular flexibility index (Phi) is 5.08. The molecule has 0 atom stereocenters. The van der Waals surface area contributed by atoms with Crippen LogP contribution in [0.5, 0.6) is 5.88 Å². The van der Waals surface area contributed by atoms with Crippen LogP contribution >= 0.6 is 0 Å². The Labute approximate surface area is 165 Å². The Morgan fingerprint density at radius 2 is 1.66 bits per heavy atom. The van der Waals surface area contributed by atoms with Crippen molar-refractivity contribution in [3.05, 3.63) is 65.9 Å². The summed E-state index contributed by atoms with van der Waals surface area (Å²) < 4.78 is 45.4. The van der Waals surface area contributed by atoms with E-state index < -0.39 is 17.6 Å². The Balaban J connectivity index is 1.41. The number of hydrogen-bond acceptors (Lipinski definition) is 4. The molecule has 0 spiro atoms. The van der Waals surface area contributed by atoms with Crippen molar-refractivity contribution in [2.45, 2.75) is 25.1 Å². The number of halogens is 3. The lowest BCUT2D eigenvalue weighted by Crippen LogP contribution is -2.42. The molecule has 0 N–H and O–H groups in total. The van der Waals surface area contributed by atoms with Crippen molar-refractivity contribution in [1.29, 1.82) is 0 Å². The van der Waals surface area contributed by atoms with E-state index in [1.54, 1.807) is 6.20 Å². The number of rotatable bonds is 3. The van der Waals surface area contributed by atoms with Crippen molar-refractivity contribution in [2.75, 3.05) is 13.1 Å². The highest BCUT2D eigenvalue weighted by atomic mass is 19.4. The number of hydrogen-bond donors (Lipinski definition) is 0. The van der Waals surface area contributed by atoms with Crippen LogP contribution < -0.4 is 4.74 Å². The molecule has 0 unspecified atom stereocenters. The molecule has 5 nitrogen and oxygen atoms in total. The van der Waals surface area contributed by atoms with Crippen molar-refractivity contribution in [1.82, 2.24) is 14.9 Å². The van der Waals surface area contributed by atoms with Gasteiger partial charge in [0, 0.05) is 25.9 Å². The first-order valence-electron chi connectivity index (χ1n) is 9.26. The van der Waals surface area contributed by atoms with Crippen LogP contribution in [-0.4, -0.2) is 40.0 Å². The molecule has 1 aliphatic heterocycles. The molecule has 1 amide bonds. The van der Waals surface area contributed by atoms with Gasteiger partial charge in [0.2, 0.25) is 5.88 Å². The van der Waals surface area contributed by atoms with E-state index in [2.05, 4.69) is 9.97 Å². The summed E-state index contributed by atoms with van der Waals surface area (Å²) in [6.45, 7) is 0.632. The minimum atomic E-state index is -4.57. The van der Waals surface area contributed by atoms with E-state index >= 15 is 0 Å². The molecule has 150 valence electrons. The second-order valence-electron chi connectivity index (χ2n) is 6.85. The van der Waals surface area contributed by atoms with Crippen molar-refractivity contribution >= 4 is 16.9 Å². The molecule has 0 bridgehead atoms. The lowest BCUT2D eigenvalue weighted by molar-refractivity contribution is -0.138. The number of para-hydroxylation sites is 2. The van der Waals surface area contributed by atoms with Gasteiger partial charge in [-0.2, -0.15) is 13.2 Å². The van der Waals surface area contributed by atoms with E-state index in [-0.39, 0.29) is 11.7 Å². The fraction of sp³-hybridized carbons (Fsp3) is 0.286. The fourth-order valence-electron chi connectivity index (χ4n) is 3.43. The number of likely N-dealkylation sites (tertiary alicyclic amines) is 1. The van der Waals surface area contributed by atoms with E-state index in [0.717, 1.165) is 17.1 Å². The van der Waals surface area contributed by atoms with E-state index in [1.807, 2.05) is 24.3 Å². The summed E-state index contributed by atoms with van der Waals surface area (Å²) in [4.78, 5) is 22.8. The molecule has 1 aliphatic rings. The lowest BCUT2D eigenvalue weighted by atomic mass is 10.0. The first-order valence-corrected chi connectivity index (χ1v) is 9.26. The largest absolute Gasteiger partial charge is 0.473 e. The third-order valence-corrected chi connectivity index (χ3v) is 4.91. The molecule has 1 aromatic heterocycles. The number of carbonyl (C=O) groups excluding carboxylic acids is 1. The summed E-state index contributed by atoms with van der Waals surface area (Å²) in [6, 6.07) is 12.3. The molecule has 1 fully saturated rings. The Bertz CT molecular complexity index is 1030. The maximum absolute atomic E-state index is 13.2. The minimum absolute atomic E-state index is 0.174. The summed E-state index contributed by atoms with van der Waals surface area (Å²) in [5.74, 6) is -0.210. The number of nitrogens with zero attached hydrogens (tertiary/aromatic N) is 3. The Morgan fingerprint density at radius 1 is 1.00 bits per heavy atom. The van der Waals surface area contributed by atoms with Crippen LogP contribution in [0.2, 0.25) is 0 Å². The average molecular weight is 401 g/mol. The first-order chi connectivity index (χ1) is 13.9. The van der Waals surface area contributed by atoms with E-state index in [1.165, 1.54) is 23.1 Å². The van der Waals surface area contributed by atoms with Gasteiger partial charge in [-0.15, -0.1) is 0 Å². The standard InChI is InChI=1S/C21H18F3N3O2/c22-21(23,24)16-6-2-1-5-15(16)20(28)27-11-9-14(10-12-27)29-19-13-25-17-7-3-4-8-18(17)26-19/h1-8,13-14H,9-12H2. The summed E-state index contributed by atoms with van der Waals surface area (Å²) >= 11 is 0. The van der Waals surface area contributed by atoms with Gasteiger partial charge in [0.25, 0.3) is 5.91 Å². The van der Waals surface area contributed by atoms with Crippen LogP contribution in [0.4, 0.5) is 13.2 Å². The monoisotopic (exact) mass is 401 g/mol. The van der Waals surface area contributed by atoms with E-state index in [0.29, 0.717) is 31.8 Å². The minimum Gasteiger partial charge on any atom is -0.473 e. The second-order valence-corrected chi connectivity index (χ2v) is 6.85. The number of carbonyl (C=O) groups is 1. The molecule has 0 saturated carbocycles. The van der Waals surface area contributed by atoms with E-state index in [4.69, 9.17) is 4.74 Å². The fourth-order valence-corrected chi connectivity index (χ4v) is 3.43. The molecule has 2 heterocycles. The lowest BCUT2D eigenvalue weighted by Gasteiger charge is -2.32. The molecule has 4 rings (SSSR count). The van der Waals surface area contributed by atoms with Crippen molar-refractivity contribution < 1.29 is 22.7 Å². The highest BCUT2D eigenvalue weighted by Crippen LogP contribution is 2.32. The van der Waals surface area contributed by atoms with Crippen LogP contribution in [0, 0.1) is 0 Å². The number of piperidine rings is 1. The Hall–Kier alpha value is -3.16. The zero-order valence-corrected chi connectivity index (χ0v) is 15.4. The molecular weight excluding hydrogens is 383 g/mol. The quantitative estimate of drug-likeness (QED) is 0.656. The third-order valence-electron chi connectivity index (χ3n) is 4.91. The van der Waals surface area contributed by atoms with Crippen molar-refractivity contribution in [3.8, 4) is 5.88 Å². The van der Waals surface area contributed by atoms with Gasteiger partial charge >= 0.3 is 6.18 Å². The van der Waals surface area contributed by atoms with Gasteiger partial charge in [-0.05, 0) is 24.3 Å². The zero-order chi connectivity index (χ0) is 20.4. The molecular formula is C21H18F3N3O2. The maximum atomic E-state index is 13.2. The average Bonchev–Trinajstić information content (AvgIpc) is 2.73. The van der Waals surface area contributed by atoms with E-state index in [9.17, 15) is 18.0 Å². The van der Waals surface area contributed by atoms with Crippen molar-refractivity contribution in [2.24, 2.45) is 0 Å². The molecule has 29 heavy (non-hydrogen) atoms. The van der Waals surface area contributed by atoms with Gasteiger partial charge in [-0.3, -0.25) is 4.79 Å². The van der Waals surface area contributed by atoms with Gasteiger partial charge < -0.3 is 9.64 Å². The van der Waals surface area contributed by atoms with Gasteiger partial charge in [0.15, 0.2) is 0 Å². The van der Waals surface area contributed by atoms with Crippen molar-refractivity contribution in [3.63, 3.8) is 0 Å². The molecule has 0 radical (unpaired) electrons. The normalized spacial score (nSPS) is 15.5. The van der Waals surface area contributed by atoms with Gasteiger partial charge in [0.1, 0.15) is 6.10 Å². The number of ether oxygens (including phenoxy) is 1. The number of fused-ring (bicyclic) bond motifs is 1. The topological polar surface area (TPSA) is 55.3 Å². The summed E-state index contributed by atoms with van der Waals surface area (Å²) in [5, 5.41) is 0. The van der Waals surface area contributed by atoms with Gasteiger partial charge in [-0.1, -0.05) is 24.3 Å². The number of alkyl halides is 3. The molecule has 3 aromatic rings.